The molecule has 0 aliphatic heterocycles. The fourth-order valence-electron chi connectivity index (χ4n) is 0.913. The SMILES string of the molecule is O=C(CCC(F)(F)F)c1cnc(C(F)(F)F)s1. The molecule has 1 rings (SSSR count). The molecule has 0 N–H and O–H groups in total. The van der Waals surface area contributed by atoms with Gasteiger partial charge < -0.3 is 0 Å². The van der Waals surface area contributed by atoms with E-state index in [1.54, 1.807) is 0 Å². The van der Waals surface area contributed by atoms with Crippen LogP contribution in [0.2, 0.25) is 0 Å². The molecule has 1 aromatic rings. The quantitative estimate of drug-likeness (QED) is 0.623. The summed E-state index contributed by atoms with van der Waals surface area (Å²) in [5, 5.41) is -1.24. The molecule has 0 atom stereocenters. The lowest BCUT2D eigenvalue weighted by molar-refractivity contribution is -0.137. The first-order chi connectivity index (χ1) is 7.59. The van der Waals surface area contributed by atoms with Crippen molar-refractivity contribution in [2.24, 2.45) is 0 Å². The summed E-state index contributed by atoms with van der Waals surface area (Å²) in [6.07, 6.45) is -10.8. The molecule has 1 heterocycles. The fourth-order valence-corrected chi connectivity index (χ4v) is 1.66. The van der Waals surface area contributed by atoms with Crippen molar-refractivity contribution in [2.45, 2.75) is 25.2 Å². The lowest BCUT2D eigenvalue weighted by Crippen LogP contribution is -2.10. The molecule has 96 valence electrons. The zero-order valence-corrected chi connectivity index (χ0v) is 8.84. The van der Waals surface area contributed by atoms with E-state index in [1.807, 2.05) is 0 Å². The number of hydrogen-bond donors (Lipinski definition) is 0. The smallest absolute Gasteiger partial charge is 0.293 e. The van der Waals surface area contributed by atoms with Gasteiger partial charge in [0.1, 0.15) is 0 Å². The van der Waals surface area contributed by atoms with Crippen LogP contribution in [0.5, 0.6) is 0 Å². The first kappa shape index (κ1) is 13.9. The predicted octanol–water partition coefficient (Wildman–Crippen LogP) is 3.69. The van der Waals surface area contributed by atoms with E-state index in [0.717, 1.165) is 0 Å². The number of Topliss-reactive ketones (excluding diaryl/α,β-unsaturated/α-hetero) is 1. The fraction of sp³-hybridized carbons (Fsp3) is 0.500. The van der Waals surface area contributed by atoms with Crippen LogP contribution in [0, 0.1) is 0 Å². The van der Waals surface area contributed by atoms with E-state index in [2.05, 4.69) is 4.98 Å². The van der Waals surface area contributed by atoms with Crippen LogP contribution in [0.25, 0.3) is 0 Å². The number of hydrogen-bond acceptors (Lipinski definition) is 3. The van der Waals surface area contributed by atoms with Crippen molar-refractivity contribution in [1.82, 2.24) is 4.98 Å². The average molecular weight is 277 g/mol. The van der Waals surface area contributed by atoms with Crippen LogP contribution < -0.4 is 0 Å². The van der Waals surface area contributed by atoms with Gasteiger partial charge in [-0.25, -0.2) is 4.98 Å². The molecule has 1 aromatic heterocycles. The van der Waals surface area contributed by atoms with E-state index in [0.29, 0.717) is 6.20 Å². The number of nitrogens with zero attached hydrogens (tertiary/aromatic N) is 1. The van der Waals surface area contributed by atoms with Gasteiger partial charge in [-0.15, -0.1) is 11.3 Å². The summed E-state index contributed by atoms with van der Waals surface area (Å²) in [7, 11) is 0. The molecule has 17 heavy (non-hydrogen) atoms. The molecule has 0 saturated carbocycles. The Balaban J connectivity index is 2.68. The van der Waals surface area contributed by atoms with E-state index in [-0.39, 0.29) is 11.3 Å². The third-order valence-electron chi connectivity index (χ3n) is 1.66. The van der Waals surface area contributed by atoms with Gasteiger partial charge in [0.25, 0.3) is 0 Å². The van der Waals surface area contributed by atoms with Crippen LogP contribution in [-0.4, -0.2) is 16.9 Å². The van der Waals surface area contributed by atoms with Crippen molar-refractivity contribution < 1.29 is 31.1 Å². The van der Waals surface area contributed by atoms with Crippen LogP contribution >= 0.6 is 11.3 Å². The number of aromatic nitrogens is 1. The van der Waals surface area contributed by atoms with E-state index < -0.39 is 40.9 Å². The zero-order valence-electron chi connectivity index (χ0n) is 8.02. The van der Waals surface area contributed by atoms with Crippen molar-refractivity contribution in [3.8, 4) is 0 Å². The highest BCUT2D eigenvalue weighted by Gasteiger charge is 2.35. The third-order valence-corrected chi connectivity index (χ3v) is 2.74. The van der Waals surface area contributed by atoms with Crippen molar-refractivity contribution in [3.05, 3.63) is 16.1 Å². The highest BCUT2D eigenvalue weighted by atomic mass is 32.1. The van der Waals surface area contributed by atoms with Crippen LogP contribution in [0.15, 0.2) is 6.20 Å². The molecule has 0 unspecified atom stereocenters. The summed E-state index contributed by atoms with van der Waals surface area (Å²) in [5.74, 6) is -0.990. The summed E-state index contributed by atoms with van der Waals surface area (Å²) in [6.45, 7) is 0. The highest BCUT2D eigenvalue weighted by molar-refractivity contribution is 7.13. The number of rotatable bonds is 3. The maximum absolute atomic E-state index is 12.1. The zero-order chi connectivity index (χ0) is 13.3. The minimum atomic E-state index is -4.69. The number of carbonyl (C=O) groups excluding carboxylic acids is 1. The van der Waals surface area contributed by atoms with Gasteiger partial charge in [-0.05, 0) is 0 Å². The molecular weight excluding hydrogens is 272 g/mol. The maximum Gasteiger partial charge on any atom is 0.443 e. The van der Waals surface area contributed by atoms with Crippen molar-refractivity contribution in [3.63, 3.8) is 0 Å². The topological polar surface area (TPSA) is 30.0 Å². The summed E-state index contributed by atoms with van der Waals surface area (Å²) in [5.41, 5.74) is 0. The third kappa shape index (κ3) is 4.33. The Bertz CT molecular complexity index is 407. The van der Waals surface area contributed by atoms with Gasteiger partial charge in [-0.1, -0.05) is 0 Å². The molecule has 0 aliphatic rings. The van der Waals surface area contributed by atoms with Gasteiger partial charge in [0, 0.05) is 12.6 Å². The molecule has 0 radical (unpaired) electrons. The monoisotopic (exact) mass is 277 g/mol. The second kappa shape index (κ2) is 4.63. The van der Waals surface area contributed by atoms with Crippen LogP contribution in [0.4, 0.5) is 26.3 Å². The normalized spacial score (nSPS) is 12.8. The first-order valence-electron chi connectivity index (χ1n) is 4.22. The molecule has 0 spiro atoms. The Kier molecular flexibility index (Phi) is 3.80. The molecule has 2 nitrogen and oxygen atoms in total. The summed E-state index contributed by atoms with van der Waals surface area (Å²) < 4.78 is 71.6. The average Bonchev–Trinajstić information content (AvgIpc) is 2.60. The molecule has 0 amide bonds. The molecule has 0 aromatic carbocycles. The Hall–Kier alpha value is -1.12. The Morgan fingerprint density at radius 1 is 1.24 bits per heavy atom. The Morgan fingerprint density at radius 3 is 2.24 bits per heavy atom. The van der Waals surface area contributed by atoms with E-state index >= 15 is 0 Å². The van der Waals surface area contributed by atoms with Gasteiger partial charge in [0.05, 0.1) is 11.3 Å². The van der Waals surface area contributed by atoms with Gasteiger partial charge >= 0.3 is 12.4 Å². The molecular formula is C8H5F6NOS. The van der Waals surface area contributed by atoms with Crippen LogP contribution in [0.1, 0.15) is 27.5 Å². The number of carbonyl (C=O) groups is 1. The van der Waals surface area contributed by atoms with Gasteiger partial charge in [-0.2, -0.15) is 26.3 Å². The second-order valence-corrected chi connectivity index (χ2v) is 4.10. The van der Waals surface area contributed by atoms with Gasteiger partial charge in [0.2, 0.25) is 0 Å². The molecule has 9 heteroatoms. The van der Waals surface area contributed by atoms with E-state index in [1.165, 1.54) is 0 Å². The van der Waals surface area contributed by atoms with Crippen LogP contribution in [-0.2, 0) is 6.18 Å². The summed E-state index contributed by atoms with van der Waals surface area (Å²) in [4.78, 5) is 13.7. The number of thiazole rings is 1. The van der Waals surface area contributed by atoms with Crippen molar-refractivity contribution in [2.75, 3.05) is 0 Å². The number of halogens is 6. The maximum atomic E-state index is 12.1. The lowest BCUT2D eigenvalue weighted by Gasteiger charge is -2.03. The van der Waals surface area contributed by atoms with Gasteiger partial charge in [0.15, 0.2) is 10.8 Å². The Labute approximate surface area is 95.3 Å². The Morgan fingerprint density at radius 2 is 1.82 bits per heavy atom. The number of alkyl halides is 6. The molecule has 0 bridgehead atoms. The van der Waals surface area contributed by atoms with Crippen LogP contribution in [0.3, 0.4) is 0 Å². The lowest BCUT2D eigenvalue weighted by atomic mass is 10.2. The highest BCUT2D eigenvalue weighted by Crippen LogP contribution is 2.33. The van der Waals surface area contributed by atoms with Gasteiger partial charge in [-0.3, -0.25) is 4.79 Å². The number of ketones is 1. The molecule has 0 fully saturated rings. The minimum Gasteiger partial charge on any atom is -0.293 e. The van der Waals surface area contributed by atoms with Crippen molar-refractivity contribution in [1.29, 1.82) is 0 Å². The largest absolute Gasteiger partial charge is 0.443 e. The minimum absolute atomic E-state index is 0.0455. The predicted molar refractivity (Wildman–Crippen MR) is 46.7 cm³/mol. The second-order valence-electron chi connectivity index (χ2n) is 3.07. The standard InChI is InChI=1S/C8H5F6NOS/c9-7(10,11)2-1-4(16)5-3-15-6(17-5)8(12,13)14/h3H,1-2H2. The summed E-state index contributed by atoms with van der Waals surface area (Å²) >= 11 is 0.0455. The molecule has 0 saturated heterocycles. The summed E-state index contributed by atoms with van der Waals surface area (Å²) in [6, 6.07) is 0. The molecule has 0 aliphatic carbocycles. The van der Waals surface area contributed by atoms with E-state index in [4.69, 9.17) is 0 Å². The van der Waals surface area contributed by atoms with Crippen molar-refractivity contribution >= 4 is 17.1 Å². The first-order valence-corrected chi connectivity index (χ1v) is 5.04. The van der Waals surface area contributed by atoms with E-state index in [9.17, 15) is 31.1 Å².